The minimum absolute atomic E-state index is 0.00575. The zero-order valence-electron chi connectivity index (χ0n) is 22.5. The molecule has 0 saturated carbocycles. The summed E-state index contributed by atoms with van der Waals surface area (Å²) in [5, 5.41) is 8.23. The van der Waals surface area contributed by atoms with Gasteiger partial charge in [0.15, 0.2) is 0 Å². The van der Waals surface area contributed by atoms with Gasteiger partial charge in [0.05, 0.1) is 34.0 Å². The molecule has 1 atom stereocenters. The van der Waals surface area contributed by atoms with E-state index in [9.17, 15) is 22.0 Å². The van der Waals surface area contributed by atoms with Gasteiger partial charge in [0.1, 0.15) is 18.2 Å². The molecule has 0 fully saturated rings. The molecular weight excluding hydrogens is 548 g/mol. The lowest BCUT2D eigenvalue weighted by molar-refractivity contribution is -0.122. The largest absolute Gasteiger partial charge is 0.346 e. The number of aryl methyl sites for hydroxylation is 2. The molecule has 1 amide bonds. The van der Waals surface area contributed by atoms with Crippen molar-refractivity contribution in [1.29, 1.82) is 0 Å². The third-order valence-electron chi connectivity index (χ3n) is 6.49. The number of halogens is 2. The van der Waals surface area contributed by atoms with Gasteiger partial charge < -0.3 is 9.88 Å². The highest BCUT2D eigenvalue weighted by Crippen LogP contribution is 2.24. The van der Waals surface area contributed by atoms with E-state index < -0.39 is 27.7 Å². The van der Waals surface area contributed by atoms with Gasteiger partial charge in [-0.25, -0.2) is 27.3 Å². The Balaban J connectivity index is 1.70. The molecule has 2 heterocycles. The summed E-state index contributed by atoms with van der Waals surface area (Å²) in [6, 6.07) is 9.52. The molecule has 41 heavy (non-hydrogen) atoms. The predicted molar refractivity (Wildman–Crippen MR) is 155 cm³/mol. The van der Waals surface area contributed by atoms with Gasteiger partial charge in [-0.2, -0.15) is 0 Å². The van der Waals surface area contributed by atoms with Crippen LogP contribution in [0.25, 0.3) is 17.1 Å². The van der Waals surface area contributed by atoms with Crippen LogP contribution in [0, 0.1) is 25.5 Å². The van der Waals surface area contributed by atoms with Crippen LogP contribution in [0.15, 0.2) is 84.7 Å². The molecule has 0 spiro atoms. The number of hydrogen-bond acceptors (Lipinski definition) is 5. The van der Waals surface area contributed by atoms with Gasteiger partial charge in [-0.15, -0.1) is 0 Å². The van der Waals surface area contributed by atoms with Crippen LogP contribution < -0.4 is 10.5 Å². The van der Waals surface area contributed by atoms with Crippen LogP contribution in [0.4, 0.5) is 8.78 Å². The van der Waals surface area contributed by atoms with Gasteiger partial charge in [0.2, 0.25) is 15.9 Å². The van der Waals surface area contributed by atoms with E-state index in [0.717, 1.165) is 28.2 Å². The van der Waals surface area contributed by atoms with E-state index in [1.165, 1.54) is 42.6 Å². The van der Waals surface area contributed by atoms with E-state index in [1.54, 1.807) is 23.0 Å². The summed E-state index contributed by atoms with van der Waals surface area (Å²) in [6.07, 6.45) is 8.41. The van der Waals surface area contributed by atoms with Crippen LogP contribution in [0.5, 0.6) is 0 Å². The SMILES string of the molecule is C=C/C=C(\C=C\c1cccnc1[C@H](Cc1cc(F)cc(F)c1)NC(=O)Cn1cnc2cc(C)c(C)cc21)S(N)(=O)=O. The maximum absolute atomic E-state index is 14.0. The van der Waals surface area contributed by atoms with Crippen molar-refractivity contribution < 1.29 is 22.0 Å². The van der Waals surface area contributed by atoms with Gasteiger partial charge in [0.25, 0.3) is 0 Å². The number of fused-ring (bicyclic) bond motifs is 1. The Labute approximate surface area is 237 Å². The number of hydrogen-bond donors (Lipinski definition) is 2. The van der Waals surface area contributed by atoms with Crippen LogP contribution in [0.2, 0.25) is 0 Å². The molecule has 0 bridgehead atoms. The molecule has 0 unspecified atom stereocenters. The molecule has 0 aliphatic rings. The molecule has 2 aromatic heterocycles. The second-order valence-electron chi connectivity index (χ2n) is 9.56. The van der Waals surface area contributed by atoms with E-state index in [-0.39, 0.29) is 23.8 Å². The Morgan fingerprint density at radius 1 is 1.12 bits per heavy atom. The van der Waals surface area contributed by atoms with Gasteiger partial charge in [-0.3, -0.25) is 9.78 Å². The van der Waals surface area contributed by atoms with E-state index >= 15 is 0 Å². The number of aromatic nitrogens is 3. The molecule has 11 heteroatoms. The van der Waals surface area contributed by atoms with Crippen molar-refractivity contribution in [2.45, 2.75) is 32.9 Å². The molecule has 4 rings (SSSR count). The standard InChI is InChI=1S/C30H29F2N5O3S/c1-4-6-25(41(33,39)40)9-8-22-7-5-10-34-30(22)27(15-21-13-23(31)16-24(32)14-21)36-29(38)17-37-18-35-26-11-19(2)20(3)12-28(26)37/h4-14,16,18,27H,1,15,17H2,2-3H3,(H,36,38)(H2,33,39,40)/b9-8+,25-6+/t27-/m0/s1. The Morgan fingerprint density at radius 2 is 1.83 bits per heavy atom. The summed E-state index contributed by atoms with van der Waals surface area (Å²) in [4.78, 5) is 22.0. The van der Waals surface area contributed by atoms with Crippen molar-refractivity contribution in [2.75, 3.05) is 0 Å². The number of nitrogens with one attached hydrogen (secondary N) is 1. The quantitative estimate of drug-likeness (QED) is 0.263. The van der Waals surface area contributed by atoms with Crippen molar-refractivity contribution >= 4 is 33.0 Å². The number of amides is 1. The van der Waals surface area contributed by atoms with Crippen molar-refractivity contribution in [3.05, 3.63) is 124 Å². The van der Waals surface area contributed by atoms with Crippen LogP contribution in [-0.4, -0.2) is 28.9 Å². The number of nitrogens with zero attached hydrogens (tertiary/aromatic N) is 3. The first-order valence-corrected chi connectivity index (χ1v) is 14.1. The summed E-state index contributed by atoms with van der Waals surface area (Å²) < 4.78 is 53.7. The fourth-order valence-corrected chi connectivity index (χ4v) is 4.95. The number of rotatable bonds is 10. The predicted octanol–water partition coefficient (Wildman–Crippen LogP) is 4.80. The molecule has 0 aliphatic heterocycles. The fraction of sp³-hybridized carbons (Fsp3) is 0.167. The number of allylic oxidation sites excluding steroid dienone is 3. The first-order valence-electron chi connectivity index (χ1n) is 12.6. The van der Waals surface area contributed by atoms with Gasteiger partial charge in [-0.1, -0.05) is 24.8 Å². The van der Waals surface area contributed by atoms with Crippen molar-refractivity contribution in [2.24, 2.45) is 5.14 Å². The average molecular weight is 578 g/mol. The number of sulfonamides is 1. The van der Waals surface area contributed by atoms with E-state index in [1.807, 2.05) is 26.0 Å². The molecule has 4 aromatic rings. The third kappa shape index (κ3) is 7.38. The molecule has 2 aromatic carbocycles. The smallest absolute Gasteiger partial charge is 0.240 e. The summed E-state index contributed by atoms with van der Waals surface area (Å²) >= 11 is 0. The fourth-order valence-electron chi connectivity index (χ4n) is 4.41. The Bertz CT molecular complexity index is 1770. The average Bonchev–Trinajstić information content (AvgIpc) is 3.26. The maximum Gasteiger partial charge on any atom is 0.240 e. The van der Waals surface area contributed by atoms with Crippen LogP contribution in [0.3, 0.4) is 0 Å². The minimum atomic E-state index is -4.04. The third-order valence-corrected chi connectivity index (χ3v) is 7.42. The second-order valence-corrected chi connectivity index (χ2v) is 11.1. The molecular formula is C30H29F2N5O3S. The number of nitrogens with two attached hydrogens (primary N) is 1. The molecule has 8 nitrogen and oxygen atoms in total. The summed E-state index contributed by atoms with van der Waals surface area (Å²) in [5.74, 6) is -1.90. The lowest BCUT2D eigenvalue weighted by atomic mass is 9.98. The van der Waals surface area contributed by atoms with Crippen LogP contribution >= 0.6 is 0 Å². The number of carbonyl (C=O) groups is 1. The van der Waals surface area contributed by atoms with Gasteiger partial charge in [-0.05, 0) is 85.0 Å². The molecule has 0 radical (unpaired) electrons. The minimum Gasteiger partial charge on any atom is -0.346 e. The van der Waals surface area contributed by atoms with Gasteiger partial charge in [0, 0.05) is 12.3 Å². The first kappa shape index (κ1) is 29.5. The monoisotopic (exact) mass is 577 g/mol. The highest BCUT2D eigenvalue weighted by molar-refractivity contribution is 7.93. The highest BCUT2D eigenvalue weighted by atomic mass is 32.2. The number of imidazole rings is 1. The van der Waals surface area contributed by atoms with E-state index in [2.05, 4.69) is 21.9 Å². The summed E-state index contributed by atoms with van der Waals surface area (Å²) in [6.45, 7) is 7.40. The van der Waals surface area contributed by atoms with Gasteiger partial charge >= 0.3 is 0 Å². The Hall–Kier alpha value is -4.48. The summed E-state index contributed by atoms with van der Waals surface area (Å²) in [7, 11) is -4.04. The molecule has 0 saturated heterocycles. The van der Waals surface area contributed by atoms with E-state index in [4.69, 9.17) is 5.14 Å². The van der Waals surface area contributed by atoms with E-state index in [0.29, 0.717) is 16.8 Å². The van der Waals surface area contributed by atoms with Crippen molar-refractivity contribution in [3.8, 4) is 0 Å². The number of primary sulfonamides is 1. The van der Waals surface area contributed by atoms with Crippen molar-refractivity contribution in [3.63, 3.8) is 0 Å². The zero-order valence-corrected chi connectivity index (χ0v) is 23.3. The normalized spacial score (nSPS) is 13.0. The zero-order chi connectivity index (χ0) is 29.7. The van der Waals surface area contributed by atoms with Crippen molar-refractivity contribution in [1.82, 2.24) is 19.9 Å². The molecule has 3 N–H and O–H groups in total. The first-order chi connectivity index (χ1) is 19.4. The number of benzene rings is 2. The lowest BCUT2D eigenvalue weighted by Gasteiger charge is -2.21. The number of carbonyl (C=O) groups excluding carboxylic acids is 1. The highest BCUT2D eigenvalue weighted by Gasteiger charge is 2.21. The molecule has 0 aliphatic carbocycles. The maximum atomic E-state index is 14.0. The van der Waals surface area contributed by atoms with Crippen LogP contribution in [-0.2, 0) is 27.8 Å². The Morgan fingerprint density at radius 3 is 2.51 bits per heavy atom. The second kappa shape index (κ2) is 12.4. The topological polar surface area (TPSA) is 120 Å². The lowest BCUT2D eigenvalue weighted by Crippen LogP contribution is -2.33. The summed E-state index contributed by atoms with van der Waals surface area (Å²) in [5.41, 5.74) is 4.80. The molecule has 212 valence electrons. The van der Waals surface area contributed by atoms with Crippen LogP contribution in [0.1, 0.15) is 34.0 Å². The Kier molecular flexibility index (Phi) is 8.89. The number of pyridine rings is 1.